The van der Waals surface area contributed by atoms with Gasteiger partial charge in [0.25, 0.3) is 0 Å². The van der Waals surface area contributed by atoms with E-state index in [1.54, 1.807) is 0 Å². The second-order valence-electron chi connectivity index (χ2n) is 4.61. The van der Waals surface area contributed by atoms with Gasteiger partial charge in [0.1, 0.15) is 5.78 Å². The van der Waals surface area contributed by atoms with Crippen LogP contribution in [0.25, 0.3) is 0 Å². The van der Waals surface area contributed by atoms with Gasteiger partial charge in [-0.25, -0.2) is 0 Å². The van der Waals surface area contributed by atoms with E-state index < -0.39 is 0 Å². The zero-order valence-electron chi connectivity index (χ0n) is 9.41. The normalized spacial score (nSPS) is 37.1. The molecule has 2 fully saturated rings. The van der Waals surface area contributed by atoms with E-state index in [1.807, 2.05) is 11.8 Å². The molecule has 0 aromatic rings. The van der Waals surface area contributed by atoms with Gasteiger partial charge in [0.05, 0.1) is 6.61 Å². The average Bonchev–Trinajstić information content (AvgIpc) is 2.71. The lowest BCUT2D eigenvalue weighted by atomic mass is 9.86. The molecule has 1 aliphatic heterocycles. The van der Waals surface area contributed by atoms with Crippen LogP contribution in [0.15, 0.2) is 0 Å². The van der Waals surface area contributed by atoms with E-state index in [-0.39, 0.29) is 0 Å². The van der Waals surface area contributed by atoms with E-state index in [9.17, 15) is 4.79 Å². The third-order valence-electron chi connectivity index (χ3n) is 3.53. The highest BCUT2D eigenvalue weighted by atomic mass is 32.2. The molecule has 1 saturated heterocycles. The van der Waals surface area contributed by atoms with Gasteiger partial charge in [-0.3, -0.25) is 4.79 Å². The number of carbonyl (C=O) groups is 1. The van der Waals surface area contributed by atoms with Crippen molar-refractivity contribution in [2.24, 2.45) is 5.92 Å². The highest BCUT2D eigenvalue weighted by molar-refractivity contribution is 8.00. The van der Waals surface area contributed by atoms with Gasteiger partial charge in [0, 0.05) is 29.9 Å². The lowest BCUT2D eigenvalue weighted by molar-refractivity contribution is -0.120. The van der Waals surface area contributed by atoms with Crippen molar-refractivity contribution < 1.29 is 9.53 Å². The van der Waals surface area contributed by atoms with Gasteiger partial charge >= 0.3 is 0 Å². The lowest BCUT2D eigenvalue weighted by Crippen LogP contribution is -2.28. The van der Waals surface area contributed by atoms with E-state index in [0.29, 0.717) is 16.3 Å². The van der Waals surface area contributed by atoms with E-state index >= 15 is 0 Å². The van der Waals surface area contributed by atoms with Crippen LogP contribution in [0.1, 0.15) is 39.0 Å². The van der Waals surface area contributed by atoms with Gasteiger partial charge in [0.2, 0.25) is 0 Å². The molecule has 2 nitrogen and oxygen atoms in total. The smallest absolute Gasteiger partial charge is 0.134 e. The summed E-state index contributed by atoms with van der Waals surface area (Å²) in [5.41, 5.74) is 0. The first-order valence-electron chi connectivity index (χ1n) is 6.04. The van der Waals surface area contributed by atoms with Gasteiger partial charge < -0.3 is 4.74 Å². The maximum Gasteiger partial charge on any atom is 0.134 e. The molecular formula is C12H20O2S. The Bertz CT molecular complexity index is 224. The van der Waals surface area contributed by atoms with Crippen LogP contribution in [0.2, 0.25) is 0 Å². The number of thioether (sulfide) groups is 1. The van der Waals surface area contributed by atoms with Crippen LogP contribution in [0.4, 0.5) is 0 Å². The Morgan fingerprint density at radius 3 is 3.00 bits per heavy atom. The Kier molecular flexibility index (Phi) is 4.09. The largest absolute Gasteiger partial charge is 0.380 e. The van der Waals surface area contributed by atoms with Crippen LogP contribution >= 0.6 is 11.8 Å². The second kappa shape index (κ2) is 5.35. The summed E-state index contributed by atoms with van der Waals surface area (Å²) in [5.74, 6) is 1.23. The fourth-order valence-electron chi connectivity index (χ4n) is 2.52. The number of hydrogen-bond donors (Lipinski definition) is 0. The van der Waals surface area contributed by atoms with Crippen LogP contribution in [0, 0.1) is 5.92 Å². The molecular weight excluding hydrogens is 208 g/mol. The molecule has 3 heteroatoms. The molecule has 0 aromatic heterocycles. The van der Waals surface area contributed by atoms with Crippen LogP contribution in [-0.2, 0) is 9.53 Å². The molecule has 15 heavy (non-hydrogen) atoms. The Balaban J connectivity index is 1.88. The van der Waals surface area contributed by atoms with Crippen LogP contribution in [-0.4, -0.2) is 29.5 Å². The highest BCUT2D eigenvalue weighted by Crippen LogP contribution is 2.37. The minimum Gasteiger partial charge on any atom is -0.380 e. The standard InChI is InChI=1S/C12H20O2S/c1-2-9-3-4-10(13)7-12(9)15-11-5-6-14-8-11/h9,11-12H,2-8H2,1H3. The Labute approximate surface area is 96.1 Å². The van der Waals surface area contributed by atoms with E-state index in [4.69, 9.17) is 4.74 Å². The molecule has 1 heterocycles. The zero-order valence-corrected chi connectivity index (χ0v) is 10.2. The average molecular weight is 228 g/mol. The molecule has 1 aliphatic carbocycles. The van der Waals surface area contributed by atoms with Crippen molar-refractivity contribution in [1.82, 2.24) is 0 Å². The molecule has 0 amide bonds. The summed E-state index contributed by atoms with van der Waals surface area (Å²) in [4.78, 5) is 11.5. The summed E-state index contributed by atoms with van der Waals surface area (Å²) in [5, 5.41) is 1.22. The number of Topliss-reactive ketones (excluding diaryl/α,β-unsaturated/α-hetero) is 1. The molecule has 0 bridgehead atoms. The van der Waals surface area contributed by atoms with Crippen molar-refractivity contribution in [3.8, 4) is 0 Å². The van der Waals surface area contributed by atoms with E-state index in [2.05, 4.69) is 6.92 Å². The molecule has 2 rings (SSSR count). The molecule has 3 unspecified atom stereocenters. The summed E-state index contributed by atoms with van der Waals surface area (Å²) in [7, 11) is 0. The van der Waals surface area contributed by atoms with Gasteiger partial charge in [-0.05, 0) is 18.8 Å². The maximum absolute atomic E-state index is 11.5. The third kappa shape index (κ3) is 2.97. The summed E-state index contributed by atoms with van der Waals surface area (Å²) >= 11 is 2.02. The van der Waals surface area contributed by atoms with Crippen molar-refractivity contribution in [2.75, 3.05) is 13.2 Å². The molecule has 0 N–H and O–H groups in total. The van der Waals surface area contributed by atoms with Crippen LogP contribution in [0.3, 0.4) is 0 Å². The Hall–Kier alpha value is -0.0200. The second-order valence-corrected chi connectivity index (χ2v) is 6.15. The van der Waals surface area contributed by atoms with Crippen molar-refractivity contribution in [1.29, 1.82) is 0 Å². The van der Waals surface area contributed by atoms with Crippen molar-refractivity contribution in [3.63, 3.8) is 0 Å². The summed E-state index contributed by atoms with van der Waals surface area (Å²) in [6, 6.07) is 0. The predicted molar refractivity (Wildman–Crippen MR) is 63.2 cm³/mol. The summed E-state index contributed by atoms with van der Waals surface area (Å²) < 4.78 is 5.39. The van der Waals surface area contributed by atoms with E-state index in [1.165, 1.54) is 12.8 Å². The van der Waals surface area contributed by atoms with Crippen molar-refractivity contribution in [2.45, 2.75) is 49.5 Å². The first-order valence-corrected chi connectivity index (χ1v) is 6.98. The highest BCUT2D eigenvalue weighted by Gasteiger charge is 2.31. The fraction of sp³-hybridized carbons (Fsp3) is 0.917. The number of ketones is 1. The summed E-state index contributed by atoms with van der Waals surface area (Å²) in [6.45, 7) is 4.06. The molecule has 0 radical (unpaired) electrons. The van der Waals surface area contributed by atoms with Crippen molar-refractivity contribution >= 4 is 17.5 Å². The Morgan fingerprint density at radius 2 is 2.33 bits per heavy atom. The molecule has 0 aromatic carbocycles. The van der Waals surface area contributed by atoms with Gasteiger partial charge in [-0.15, -0.1) is 0 Å². The molecule has 0 spiro atoms. The lowest BCUT2D eigenvalue weighted by Gasteiger charge is -2.31. The van der Waals surface area contributed by atoms with Crippen LogP contribution < -0.4 is 0 Å². The minimum absolute atomic E-state index is 0.469. The number of hydrogen-bond acceptors (Lipinski definition) is 3. The molecule has 2 aliphatic rings. The number of rotatable bonds is 3. The fourth-order valence-corrected chi connectivity index (χ4v) is 4.25. The first kappa shape index (κ1) is 11.5. The van der Waals surface area contributed by atoms with Gasteiger partial charge in [-0.2, -0.15) is 11.8 Å². The molecule has 86 valence electrons. The number of carbonyl (C=O) groups excluding carboxylic acids is 1. The van der Waals surface area contributed by atoms with Gasteiger partial charge in [-0.1, -0.05) is 13.3 Å². The van der Waals surface area contributed by atoms with E-state index in [0.717, 1.165) is 38.4 Å². The first-order chi connectivity index (χ1) is 7.29. The van der Waals surface area contributed by atoms with Gasteiger partial charge in [0.15, 0.2) is 0 Å². The van der Waals surface area contributed by atoms with Crippen molar-refractivity contribution in [3.05, 3.63) is 0 Å². The van der Waals surface area contributed by atoms with Crippen LogP contribution in [0.5, 0.6) is 0 Å². The summed E-state index contributed by atoms with van der Waals surface area (Å²) in [6.07, 6.45) is 5.13. The molecule has 1 saturated carbocycles. The topological polar surface area (TPSA) is 26.3 Å². The molecule has 3 atom stereocenters. The Morgan fingerprint density at radius 1 is 1.47 bits per heavy atom. The maximum atomic E-state index is 11.5. The minimum atomic E-state index is 0.469. The monoisotopic (exact) mass is 228 g/mol. The third-order valence-corrected chi connectivity index (χ3v) is 5.19. The zero-order chi connectivity index (χ0) is 10.7. The number of ether oxygens (including phenoxy) is 1. The quantitative estimate of drug-likeness (QED) is 0.743. The SMILES string of the molecule is CCC1CCC(=O)CC1SC1CCOC1. The predicted octanol–water partition coefficient (Wildman–Crippen LogP) is 2.66.